The van der Waals surface area contributed by atoms with E-state index in [1.807, 2.05) is 6.92 Å². The van der Waals surface area contributed by atoms with Crippen LogP contribution in [-0.4, -0.2) is 193 Å². The molecule has 3 heterocycles. The number of carbonyl (C=O) groups excluding carboxylic acids is 1. The van der Waals surface area contributed by atoms with Crippen molar-refractivity contribution in [3.63, 3.8) is 0 Å². The van der Waals surface area contributed by atoms with Gasteiger partial charge in [-0.25, -0.2) is 0 Å². The second kappa shape index (κ2) is 26.2. The maximum atomic E-state index is 12.8. The molecule has 0 aromatic rings. The molecular formula is C38H71NO18. The number of amides is 1. The standard InChI is InChI=1S/C38H71NO18/c1-3-5-7-8-9-10-11-12-14-15-22(43)21(39-26(44)16-13-6-4-2)20-52-36-32(50)29(47)34(24(18-41)54-36)57-38-33(51)30(48)35(25(19-42)55-38)56-37-31(49)28(46)27(45)23(17-40)53-37/h21-25,27-38,40-43,45-51H,3-20H2,1-2H3,(H,39,44). The van der Waals surface area contributed by atoms with Crippen LogP contribution in [-0.2, 0) is 33.2 Å². The van der Waals surface area contributed by atoms with Gasteiger partial charge in [0.05, 0.1) is 38.6 Å². The van der Waals surface area contributed by atoms with Crippen molar-refractivity contribution in [2.75, 3.05) is 26.4 Å². The summed E-state index contributed by atoms with van der Waals surface area (Å²) in [4.78, 5) is 12.8. The molecule has 0 spiro atoms. The third-order valence-electron chi connectivity index (χ3n) is 10.9. The molecule has 3 aliphatic rings. The van der Waals surface area contributed by atoms with Gasteiger partial charge < -0.3 is 89.9 Å². The van der Waals surface area contributed by atoms with E-state index in [4.69, 9.17) is 28.4 Å². The second-order valence-electron chi connectivity index (χ2n) is 15.5. The quantitative estimate of drug-likeness (QED) is 0.0412. The largest absolute Gasteiger partial charge is 0.394 e. The Kier molecular flexibility index (Phi) is 23.0. The topological polar surface area (TPSA) is 307 Å². The maximum Gasteiger partial charge on any atom is 0.220 e. The van der Waals surface area contributed by atoms with Crippen molar-refractivity contribution in [2.24, 2.45) is 0 Å². The lowest BCUT2D eigenvalue weighted by Gasteiger charge is -2.48. The molecule has 17 unspecified atom stereocenters. The highest BCUT2D eigenvalue weighted by molar-refractivity contribution is 5.76. The van der Waals surface area contributed by atoms with Gasteiger partial charge in [-0.2, -0.15) is 0 Å². The van der Waals surface area contributed by atoms with E-state index in [9.17, 15) is 61.0 Å². The minimum Gasteiger partial charge on any atom is -0.394 e. The molecule has 12 N–H and O–H groups in total. The summed E-state index contributed by atoms with van der Waals surface area (Å²) in [5.41, 5.74) is 0. The van der Waals surface area contributed by atoms with Crippen LogP contribution in [0.4, 0.5) is 0 Å². The Balaban J connectivity index is 1.60. The Morgan fingerprint density at radius 2 is 1.00 bits per heavy atom. The van der Waals surface area contributed by atoms with Gasteiger partial charge in [-0.05, 0) is 12.8 Å². The number of aliphatic hydroxyl groups excluding tert-OH is 11. The molecule has 19 nitrogen and oxygen atoms in total. The number of hydrogen-bond donors (Lipinski definition) is 12. The fourth-order valence-corrected chi connectivity index (χ4v) is 7.31. The highest BCUT2D eigenvalue weighted by Crippen LogP contribution is 2.33. The van der Waals surface area contributed by atoms with Crippen LogP contribution in [0.5, 0.6) is 0 Å². The minimum absolute atomic E-state index is 0.253. The molecule has 0 bridgehead atoms. The SMILES string of the molecule is CCCCCCCCCCCC(O)C(COC1OC(CO)C(OC2OC(CO)C(OC3OC(CO)C(O)C(O)C3O)C(O)C2O)C(O)C1O)NC(=O)CCCCC. The molecule has 17 atom stereocenters. The van der Waals surface area contributed by atoms with Crippen molar-refractivity contribution in [1.29, 1.82) is 0 Å². The third-order valence-corrected chi connectivity index (χ3v) is 10.9. The van der Waals surface area contributed by atoms with Gasteiger partial charge in [-0.1, -0.05) is 84.5 Å². The Hall–Kier alpha value is -1.21. The molecule has 0 saturated carbocycles. The van der Waals surface area contributed by atoms with Crippen LogP contribution in [0.25, 0.3) is 0 Å². The number of carbonyl (C=O) groups is 1. The first-order chi connectivity index (χ1) is 27.3. The number of unbranched alkanes of at least 4 members (excludes halogenated alkanes) is 10. The normalized spacial score (nSPS) is 37.2. The van der Waals surface area contributed by atoms with Crippen LogP contribution in [0, 0.1) is 0 Å². The van der Waals surface area contributed by atoms with Crippen LogP contribution in [0.1, 0.15) is 104 Å². The van der Waals surface area contributed by atoms with Gasteiger partial charge in [-0.3, -0.25) is 4.79 Å². The van der Waals surface area contributed by atoms with E-state index in [0.717, 1.165) is 38.5 Å². The molecule has 0 aliphatic carbocycles. The molecule has 57 heavy (non-hydrogen) atoms. The third kappa shape index (κ3) is 14.7. The van der Waals surface area contributed by atoms with E-state index in [1.165, 1.54) is 32.1 Å². The molecule has 3 rings (SSSR count). The van der Waals surface area contributed by atoms with Crippen molar-refractivity contribution < 1.29 is 89.4 Å². The van der Waals surface area contributed by atoms with E-state index in [-0.39, 0.29) is 18.9 Å². The summed E-state index contributed by atoms with van der Waals surface area (Å²) in [5.74, 6) is -0.273. The van der Waals surface area contributed by atoms with Crippen LogP contribution >= 0.6 is 0 Å². The Labute approximate surface area is 334 Å². The first-order valence-electron chi connectivity index (χ1n) is 20.8. The first-order valence-corrected chi connectivity index (χ1v) is 20.8. The molecule has 3 aliphatic heterocycles. The lowest BCUT2D eigenvalue weighted by atomic mass is 9.96. The zero-order valence-electron chi connectivity index (χ0n) is 33.3. The second-order valence-corrected chi connectivity index (χ2v) is 15.5. The molecule has 19 heteroatoms. The average molecular weight is 830 g/mol. The molecule has 336 valence electrons. The lowest BCUT2D eigenvalue weighted by Crippen LogP contribution is -2.66. The molecule has 1 amide bonds. The summed E-state index contributed by atoms with van der Waals surface area (Å²) < 4.78 is 33.8. The minimum atomic E-state index is -1.96. The highest BCUT2D eigenvalue weighted by Gasteiger charge is 2.53. The number of nitrogens with one attached hydrogen (secondary N) is 1. The van der Waals surface area contributed by atoms with Gasteiger partial charge in [-0.15, -0.1) is 0 Å². The molecule has 0 aromatic carbocycles. The smallest absolute Gasteiger partial charge is 0.220 e. The molecule has 0 radical (unpaired) electrons. The van der Waals surface area contributed by atoms with Crippen molar-refractivity contribution in [2.45, 2.75) is 208 Å². The zero-order valence-corrected chi connectivity index (χ0v) is 33.3. The fraction of sp³-hybridized carbons (Fsp3) is 0.974. The van der Waals surface area contributed by atoms with E-state index < -0.39 is 124 Å². The summed E-state index contributed by atoms with van der Waals surface area (Å²) in [6.07, 6.45) is -13.5. The van der Waals surface area contributed by atoms with Crippen LogP contribution < -0.4 is 5.32 Å². The van der Waals surface area contributed by atoms with Gasteiger partial charge >= 0.3 is 0 Å². The van der Waals surface area contributed by atoms with Crippen molar-refractivity contribution in [1.82, 2.24) is 5.32 Å². The lowest BCUT2D eigenvalue weighted by molar-refractivity contribution is -0.379. The van der Waals surface area contributed by atoms with Gasteiger partial charge in [0.25, 0.3) is 0 Å². The van der Waals surface area contributed by atoms with E-state index >= 15 is 0 Å². The predicted molar refractivity (Wildman–Crippen MR) is 199 cm³/mol. The zero-order chi connectivity index (χ0) is 42.1. The summed E-state index contributed by atoms with van der Waals surface area (Å²) in [6.45, 7) is 1.50. The summed E-state index contributed by atoms with van der Waals surface area (Å²) in [5, 5.41) is 118. The predicted octanol–water partition coefficient (Wildman–Crippen LogP) is -2.20. The summed E-state index contributed by atoms with van der Waals surface area (Å²) in [7, 11) is 0. The molecule has 3 saturated heterocycles. The Bertz CT molecular complexity index is 1090. The Morgan fingerprint density at radius 3 is 1.53 bits per heavy atom. The van der Waals surface area contributed by atoms with Crippen LogP contribution in [0.2, 0.25) is 0 Å². The number of hydrogen-bond acceptors (Lipinski definition) is 18. The number of rotatable bonds is 26. The van der Waals surface area contributed by atoms with E-state index in [2.05, 4.69) is 12.2 Å². The van der Waals surface area contributed by atoms with Gasteiger partial charge in [0, 0.05) is 6.42 Å². The summed E-state index contributed by atoms with van der Waals surface area (Å²) >= 11 is 0. The van der Waals surface area contributed by atoms with Crippen LogP contribution in [0.3, 0.4) is 0 Å². The van der Waals surface area contributed by atoms with Crippen molar-refractivity contribution in [3.8, 4) is 0 Å². The molecular weight excluding hydrogens is 758 g/mol. The highest BCUT2D eigenvalue weighted by atomic mass is 16.8. The summed E-state index contributed by atoms with van der Waals surface area (Å²) in [6, 6.07) is -0.872. The van der Waals surface area contributed by atoms with E-state index in [1.54, 1.807) is 0 Å². The fourth-order valence-electron chi connectivity index (χ4n) is 7.31. The monoisotopic (exact) mass is 829 g/mol. The van der Waals surface area contributed by atoms with E-state index in [0.29, 0.717) is 12.8 Å². The van der Waals surface area contributed by atoms with Crippen molar-refractivity contribution in [3.05, 3.63) is 0 Å². The maximum absolute atomic E-state index is 12.8. The Morgan fingerprint density at radius 1 is 0.561 bits per heavy atom. The first kappa shape index (κ1) is 50.1. The van der Waals surface area contributed by atoms with Gasteiger partial charge in [0.2, 0.25) is 5.91 Å². The number of aliphatic hydroxyl groups is 11. The van der Waals surface area contributed by atoms with Gasteiger partial charge in [0.15, 0.2) is 18.9 Å². The molecule has 3 fully saturated rings. The molecule has 0 aromatic heterocycles. The average Bonchev–Trinajstić information content (AvgIpc) is 3.20. The van der Waals surface area contributed by atoms with Crippen LogP contribution in [0.15, 0.2) is 0 Å². The number of ether oxygens (including phenoxy) is 6. The van der Waals surface area contributed by atoms with Crippen molar-refractivity contribution >= 4 is 5.91 Å². The van der Waals surface area contributed by atoms with Gasteiger partial charge in [0.1, 0.15) is 73.2 Å².